The van der Waals surface area contributed by atoms with Crippen molar-refractivity contribution in [3.8, 4) is 0 Å². The first-order chi connectivity index (χ1) is 8.95. The van der Waals surface area contributed by atoms with Gasteiger partial charge < -0.3 is 24.4 Å². The third kappa shape index (κ3) is 8.18. The lowest BCUT2D eigenvalue weighted by atomic mass is 10.3. The molecule has 4 N–H and O–H groups in total. The highest BCUT2D eigenvalue weighted by molar-refractivity contribution is 6.80. The minimum absolute atomic E-state index is 0.726. The van der Waals surface area contributed by atoms with Gasteiger partial charge in [-0.2, -0.15) is 0 Å². The van der Waals surface area contributed by atoms with E-state index < -0.39 is 17.1 Å². The molecule has 0 rings (SSSR count). The average Bonchev–Trinajstić information content (AvgIpc) is 2.39. The van der Waals surface area contributed by atoms with Crippen molar-refractivity contribution in [2.24, 2.45) is 11.5 Å². The summed E-state index contributed by atoms with van der Waals surface area (Å²) < 4.78 is 17.8. The molecule has 0 aliphatic rings. The largest absolute Gasteiger partial charge is 0.415 e. The number of rotatable bonds is 12. The Labute approximate surface area is 120 Å². The molecular formula is C12H32N2O3Si2. The van der Waals surface area contributed by atoms with Gasteiger partial charge in [0.1, 0.15) is 0 Å². The van der Waals surface area contributed by atoms with Crippen LogP contribution < -0.4 is 11.5 Å². The lowest BCUT2D eigenvalue weighted by molar-refractivity contribution is 0.238. The van der Waals surface area contributed by atoms with E-state index in [1.807, 2.05) is 0 Å². The van der Waals surface area contributed by atoms with Crippen molar-refractivity contribution < 1.29 is 13.0 Å². The second kappa shape index (κ2) is 10.0. The van der Waals surface area contributed by atoms with Crippen LogP contribution in [0.1, 0.15) is 25.7 Å². The molecule has 7 heteroatoms. The van der Waals surface area contributed by atoms with Crippen LogP contribution >= 0.6 is 0 Å². The summed E-state index contributed by atoms with van der Waals surface area (Å²) in [6.07, 6.45) is 4.16. The van der Waals surface area contributed by atoms with Crippen LogP contribution in [0.15, 0.2) is 0 Å². The zero-order valence-electron chi connectivity index (χ0n) is 13.0. The molecule has 0 saturated carbocycles. The van der Waals surface area contributed by atoms with Crippen molar-refractivity contribution in [1.82, 2.24) is 0 Å². The third-order valence-electron chi connectivity index (χ3n) is 3.47. The average molecular weight is 309 g/mol. The minimum Gasteiger partial charge on any atom is -0.415 e. The Kier molecular flexibility index (Phi) is 10.2. The summed E-state index contributed by atoms with van der Waals surface area (Å²) in [5.74, 6) is 0. The Hall–Kier alpha value is 0.234. The van der Waals surface area contributed by atoms with E-state index in [9.17, 15) is 0 Å². The van der Waals surface area contributed by atoms with Gasteiger partial charge in [0.25, 0.3) is 0 Å². The predicted octanol–water partition coefficient (Wildman–Crippen LogP) is 1.92. The lowest BCUT2D eigenvalue weighted by Crippen LogP contribution is -2.51. The molecule has 0 bridgehead atoms. The van der Waals surface area contributed by atoms with Crippen LogP contribution in [0.4, 0.5) is 0 Å². The second-order valence-corrected chi connectivity index (χ2v) is 12.4. The van der Waals surface area contributed by atoms with Gasteiger partial charge in [0.15, 0.2) is 0 Å². The van der Waals surface area contributed by atoms with Gasteiger partial charge in [-0.05, 0) is 51.1 Å². The first-order valence-electron chi connectivity index (χ1n) is 7.16. The molecule has 2 atom stereocenters. The maximum absolute atomic E-state index is 6.37. The summed E-state index contributed by atoms with van der Waals surface area (Å²) in [4.78, 5) is 0. The monoisotopic (exact) mass is 308 g/mol. The Morgan fingerprint density at radius 2 is 1.11 bits per heavy atom. The molecule has 5 nitrogen and oxygen atoms in total. The van der Waals surface area contributed by atoms with Crippen LogP contribution in [0.2, 0.25) is 25.2 Å². The summed E-state index contributed by atoms with van der Waals surface area (Å²) in [5.41, 5.74) is 11.1. The molecule has 0 saturated heterocycles. The van der Waals surface area contributed by atoms with E-state index >= 15 is 0 Å². The standard InChI is InChI=1S/C12H32N2O3Si2/c1-15-18(3,11-7-5-9-13)17-19(4,16-2)12-8-6-10-14/h5-14H2,1-4H3. The van der Waals surface area contributed by atoms with E-state index in [1.54, 1.807) is 14.2 Å². The van der Waals surface area contributed by atoms with Crippen LogP contribution in [0, 0.1) is 0 Å². The molecule has 0 aromatic rings. The Morgan fingerprint density at radius 1 is 0.737 bits per heavy atom. The Bertz CT molecular complexity index is 215. The smallest absolute Gasteiger partial charge is 0.325 e. The second-order valence-electron chi connectivity index (χ2n) is 5.27. The fraction of sp³-hybridized carbons (Fsp3) is 1.00. The maximum atomic E-state index is 6.37. The Balaban J connectivity index is 4.42. The SMILES string of the molecule is CO[Si](C)(CCCCN)O[Si](C)(CCCCN)OC. The van der Waals surface area contributed by atoms with Gasteiger partial charge in [-0.25, -0.2) is 0 Å². The molecule has 0 radical (unpaired) electrons. The first kappa shape index (κ1) is 19.2. The Morgan fingerprint density at radius 3 is 1.37 bits per heavy atom. The molecule has 116 valence electrons. The number of hydrogen-bond acceptors (Lipinski definition) is 5. The molecule has 2 unspecified atom stereocenters. The zero-order chi connectivity index (χ0) is 14.8. The molecule has 0 aliphatic carbocycles. The zero-order valence-corrected chi connectivity index (χ0v) is 15.0. The minimum atomic E-state index is -2.13. The first-order valence-corrected chi connectivity index (χ1v) is 12.2. The number of hydrogen-bond donors (Lipinski definition) is 2. The molecule has 0 heterocycles. The molecule has 0 spiro atoms. The number of unbranched alkanes of at least 4 members (excludes halogenated alkanes) is 2. The van der Waals surface area contributed by atoms with Crippen LogP contribution in [0.5, 0.6) is 0 Å². The molecule has 0 aromatic heterocycles. The van der Waals surface area contributed by atoms with E-state index in [1.165, 1.54) is 0 Å². The van der Waals surface area contributed by atoms with Crippen molar-refractivity contribution in [3.63, 3.8) is 0 Å². The van der Waals surface area contributed by atoms with Gasteiger partial charge in [-0.15, -0.1) is 0 Å². The summed E-state index contributed by atoms with van der Waals surface area (Å²) in [6.45, 7) is 5.70. The van der Waals surface area contributed by atoms with Crippen LogP contribution in [0.3, 0.4) is 0 Å². The van der Waals surface area contributed by atoms with Crippen molar-refractivity contribution >= 4 is 17.1 Å². The van der Waals surface area contributed by atoms with Crippen molar-refractivity contribution in [2.75, 3.05) is 27.3 Å². The highest BCUT2D eigenvalue weighted by Crippen LogP contribution is 2.25. The fourth-order valence-corrected chi connectivity index (χ4v) is 9.36. The topological polar surface area (TPSA) is 79.7 Å². The van der Waals surface area contributed by atoms with E-state index in [0.717, 1.165) is 50.9 Å². The van der Waals surface area contributed by atoms with Crippen LogP contribution in [-0.2, 0) is 13.0 Å². The lowest BCUT2D eigenvalue weighted by Gasteiger charge is -2.35. The van der Waals surface area contributed by atoms with Gasteiger partial charge in [0, 0.05) is 14.2 Å². The van der Waals surface area contributed by atoms with Gasteiger partial charge in [-0.3, -0.25) is 0 Å². The summed E-state index contributed by atoms with van der Waals surface area (Å²) in [5, 5.41) is 0. The molecule has 0 fully saturated rings. The molecule has 0 aromatic carbocycles. The van der Waals surface area contributed by atoms with Crippen molar-refractivity contribution in [1.29, 1.82) is 0 Å². The third-order valence-corrected chi connectivity index (χ3v) is 11.2. The fourth-order valence-electron chi connectivity index (χ4n) is 2.03. The van der Waals surface area contributed by atoms with Gasteiger partial charge in [0.2, 0.25) is 0 Å². The van der Waals surface area contributed by atoms with Crippen molar-refractivity contribution in [2.45, 2.75) is 50.9 Å². The van der Waals surface area contributed by atoms with Gasteiger partial charge in [0.05, 0.1) is 0 Å². The maximum Gasteiger partial charge on any atom is 0.325 e. The van der Waals surface area contributed by atoms with Crippen LogP contribution in [0.25, 0.3) is 0 Å². The van der Waals surface area contributed by atoms with E-state index in [0.29, 0.717) is 0 Å². The molecular weight excluding hydrogens is 276 g/mol. The predicted molar refractivity (Wildman–Crippen MR) is 84.5 cm³/mol. The van der Waals surface area contributed by atoms with E-state index in [4.69, 9.17) is 24.4 Å². The van der Waals surface area contributed by atoms with Crippen molar-refractivity contribution in [3.05, 3.63) is 0 Å². The van der Waals surface area contributed by atoms with Gasteiger partial charge >= 0.3 is 17.1 Å². The molecule has 0 aliphatic heterocycles. The summed E-state index contributed by atoms with van der Waals surface area (Å²) in [6, 6.07) is 1.95. The molecule has 19 heavy (non-hydrogen) atoms. The normalized spacial score (nSPS) is 18.0. The van der Waals surface area contributed by atoms with E-state index in [-0.39, 0.29) is 0 Å². The number of nitrogens with two attached hydrogens (primary N) is 2. The highest BCUT2D eigenvalue weighted by atomic mass is 28.5. The van der Waals surface area contributed by atoms with Crippen LogP contribution in [-0.4, -0.2) is 44.4 Å². The highest BCUT2D eigenvalue weighted by Gasteiger charge is 2.41. The quantitative estimate of drug-likeness (QED) is 0.425. The summed E-state index contributed by atoms with van der Waals surface area (Å²) in [7, 11) is -0.756. The van der Waals surface area contributed by atoms with E-state index in [2.05, 4.69) is 13.1 Å². The molecule has 0 amide bonds. The van der Waals surface area contributed by atoms with Gasteiger partial charge in [-0.1, -0.05) is 12.8 Å². The summed E-state index contributed by atoms with van der Waals surface area (Å²) >= 11 is 0.